The van der Waals surface area contributed by atoms with Gasteiger partial charge >= 0.3 is 0 Å². The summed E-state index contributed by atoms with van der Waals surface area (Å²) in [6.07, 6.45) is -0.469. The maximum Gasteiger partial charge on any atom is 0.0897 e. The third kappa shape index (κ3) is 8.84. The third-order valence-corrected chi connectivity index (χ3v) is 3.22. The van der Waals surface area contributed by atoms with Crippen molar-refractivity contribution in [2.75, 3.05) is 65.8 Å². The second-order valence-corrected chi connectivity index (χ2v) is 5.15. The van der Waals surface area contributed by atoms with E-state index in [1.54, 1.807) is 0 Å². The molecule has 0 aromatic heterocycles. The number of ether oxygens (including phenoxy) is 3. The topological polar surface area (TPSA) is 63.2 Å². The summed E-state index contributed by atoms with van der Waals surface area (Å²) in [5, 5.41) is 13.1. The molecule has 0 aromatic carbocycles. The van der Waals surface area contributed by atoms with Crippen LogP contribution in [0.2, 0.25) is 0 Å². The molecule has 20 heavy (non-hydrogen) atoms. The summed E-state index contributed by atoms with van der Waals surface area (Å²) in [4.78, 5) is 2.38. The Morgan fingerprint density at radius 3 is 2.65 bits per heavy atom. The lowest BCUT2D eigenvalue weighted by atomic mass is 10.2. The van der Waals surface area contributed by atoms with Gasteiger partial charge in [0.15, 0.2) is 0 Å². The minimum atomic E-state index is -0.469. The van der Waals surface area contributed by atoms with Crippen LogP contribution in [0.1, 0.15) is 13.8 Å². The molecule has 0 bridgehead atoms. The predicted octanol–water partition coefficient (Wildman–Crippen LogP) is -0.289. The molecule has 0 aromatic rings. The van der Waals surface area contributed by atoms with Gasteiger partial charge in [-0.3, -0.25) is 4.90 Å². The van der Waals surface area contributed by atoms with Gasteiger partial charge in [-0.15, -0.1) is 0 Å². The smallest absolute Gasteiger partial charge is 0.0897 e. The Balaban J connectivity index is 1.97. The van der Waals surface area contributed by atoms with Crippen molar-refractivity contribution in [1.29, 1.82) is 0 Å². The molecule has 6 nitrogen and oxygen atoms in total. The minimum Gasteiger partial charge on any atom is -0.389 e. The van der Waals surface area contributed by atoms with Crippen LogP contribution in [0.15, 0.2) is 0 Å². The van der Waals surface area contributed by atoms with E-state index in [-0.39, 0.29) is 0 Å². The van der Waals surface area contributed by atoms with Crippen LogP contribution in [-0.2, 0) is 14.2 Å². The number of aliphatic hydroxyl groups is 1. The van der Waals surface area contributed by atoms with Crippen LogP contribution >= 0.6 is 0 Å². The molecule has 6 heteroatoms. The highest BCUT2D eigenvalue weighted by Gasteiger charge is 2.14. The zero-order valence-corrected chi connectivity index (χ0v) is 12.8. The monoisotopic (exact) mass is 290 g/mol. The average Bonchev–Trinajstić information content (AvgIpc) is 2.46. The molecule has 0 aliphatic carbocycles. The SMILES string of the molecule is CCOCCOCC(O)CNC(C)CN1CCOCC1. The van der Waals surface area contributed by atoms with Crippen molar-refractivity contribution in [2.45, 2.75) is 26.0 Å². The van der Waals surface area contributed by atoms with E-state index in [4.69, 9.17) is 14.2 Å². The molecule has 1 heterocycles. The van der Waals surface area contributed by atoms with Gasteiger partial charge in [0, 0.05) is 38.8 Å². The second-order valence-electron chi connectivity index (χ2n) is 5.15. The van der Waals surface area contributed by atoms with E-state index in [1.807, 2.05) is 6.92 Å². The summed E-state index contributed by atoms with van der Waals surface area (Å²) in [6, 6.07) is 0.353. The van der Waals surface area contributed by atoms with Gasteiger partial charge in [0.05, 0.1) is 39.1 Å². The van der Waals surface area contributed by atoms with Crippen molar-refractivity contribution >= 4 is 0 Å². The van der Waals surface area contributed by atoms with Crippen LogP contribution < -0.4 is 5.32 Å². The number of hydrogen-bond acceptors (Lipinski definition) is 6. The first-order valence-corrected chi connectivity index (χ1v) is 7.59. The molecule has 120 valence electrons. The molecule has 2 unspecified atom stereocenters. The molecule has 0 amide bonds. The van der Waals surface area contributed by atoms with Crippen LogP contribution in [0.3, 0.4) is 0 Å². The number of nitrogens with one attached hydrogen (secondary N) is 1. The first-order valence-electron chi connectivity index (χ1n) is 7.59. The highest BCUT2D eigenvalue weighted by atomic mass is 16.5. The van der Waals surface area contributed by atoms with Gasteiger partial charge in [-0.25, -0.2) is 0 Å². The highest BCUT2D eigenvalue weighted by Crippen LogP contribution is 1.98. The zero-order chi connectivity index (χ0) is 14.6. The van der Waals surface area contributed by atoms with Crippen molar-refractivity contribution in [2.24, 2.45) is 0 Å². The molecule has 1 rings (SSSR count). The lowest BCUT2D eigenvalue weighted by Crippen LogP contribution is -2.46. The van der Waals surface area contributed by atoms with E-state index in [2.05, 4.69) is 17.1 Å². The van der Waals surface area contributed by atoms with Crippen LogP contribution in [0, 0.1) is 0 Å². The van der Waals surface area contributed by atoms with Gasteiger partial charge in [-0.05, 0) is 13.8 Å². The maximum atomic E-state index is 9.80. The predicted molar refractivity (Wildman–Crippen MR) is 78.0 cm³/mol. The molecule has 0 saturated carbocycles. The van der Waals surface area contributed by atoms with Gasteiger partial charge < -0.3 is 24.6 Å². The summed E-state index contributed by atoms with van der Waals surface area (Å²) in [6.45, 7) is 11.4. The molecule has 0 radical (unpaired) electrons. The maximum absolute atomic E-state index is 9.80. The van der Waals surface area contributed by atoms with Crippen molar-refractivity contribution < 1.29 is 19.3 Å². The zero-order valence-electron chi connectivity index (χ0n) is 12.8. The summed E-state index contributed by atoms with van der Waals surface area (Å²) >= 11 is 0. The highest BCUT2D eigenvalue weighted by molar-refractivity contribution is 4.71. The Bertz CT molecular complexity index is 225. The summed E-state index contributed by atoms with van der Waals surface area (Å²) in [5.41, 5.74) is 0. The molecule has 2 N–H and O–H groups in total. The summed E-state index contributed by atoms with van der Waals surface area (Å²) in [7, 11) is 0. The number of morpholine rings is 1. The molecule has 1 saturated heterocycles. The van der Waals surface area contributed by atoms with Gasteiger partial charge in [0.2, 0.25) is 0 Å². The van der Waals surface area contributed by atoms with Crippen molar-refractivity contribution in [3.8, 4) is 0 Å². The molecule has 1 aliphatic heterocycles. The van der Waals surface area contributed by atoms with Crippen molar-refractivity contribution in [3.63, 3.8) is 0 Å². The summed E-state index contributed by atoms with van der Waals surface area (Å²) < 4.78 is 15.8. The number of aliphatic hydroxyl groups excluding tert-OH is 1. The Kier molecular flexibility index (Phi) is 10.2. The second kappa shape index (κ2) is 11.4. The van der Waals surface area contributed by atoms with Gasteiger partial charge in [0.25, 0.3) is 0 Å². The lowest BCUT2D eigenvalue weighted by Gasteiger charge is -2.29. The first-order chi connectivity index (χ1) is 9.72. The van der Waals surface area contributed by atoms with E-state index in [1.165, 1.54) is 0 Å². The standard InChI is InChI=1S/C14H30N2O4/c1-3-18-8-9-20-12-14(17)10-15-13(2)11-16-4-6-19-7-5-16/h13-15,17H,3-12H2,1-2H3. The molecule has 2 atom stereocenters. The average molecular weight is 290 g/mol. The van der Waals surface area contributed by atoms with E-state index in [9.17, 15) is 5.11 Å². The van der Waals surface area contributed by atoms with Gasteiger partial charge in [-0.1, -0.05) is 0 Å². The third-order valence-electron chi connectivity index (χ3n) is 3.22. The van der Waals surface area contributed by atoms with Crippen LogP contribution in [0.4, 0.5) is 0 Å². The largest absolute Gasteiger partial charge is 0.389 e. The van der Waals surface area contributed by atoms with Crippen LogP contribution in [-0.4, -0.2) is 88.0 Å². The number of hydrogen-bond donors (Lipinski definition) is 2. The fraction of sp³-hybridized carbons (Fsp3) is 1.00. The fourth-order valence-corrected chi connectivity index (χ4v) is 2.11. The van der Waals surface area contributed by atoms with E-state index < -0.39 is 6.10 Å². The van der Waals surface area contributed by atoms with Gasteiger partial charge in [0.1, 0.15) is 0 Å². The van der Waals surface area contributed by atoms with Crippen LogP contribution in [0.25, 0.3) is 0 Å². The Hall–Kier alpha value is -0.240. The number of rotatable bonds is 11. The van der Waals surface area contributed by atoms with Gasteiger partial charge in [-0.2, -0.15) is 0 Å². The van der Waals surface area contributed by atoms with Crippen molar-refractivity contribution in [1.82, 2.24) is 10.2 Å². The molecule has 1 aliphatic rings. The van der Waals surface area contributed by atoms with Crippen LogP contribution in [0.5, 0.6) is 0 Å². The normalized spacial score (nSPS) is 19.9. The molecule has 1 fully saturated rings. The van der Waals surface area contributed by atoms with E-state index in [0.29, 0.717) is 39.0 Å². The lowest BCUT2D eigenvalue weighted by molar-refractivity contribution is 0.00444. The number of nitrogens with zero attached hydrogens (tertiary/aromatic N) is 1. The molecular formula is C14H30N2O4. The van der Waals surface area contributed by atoms with Crippen molar-refractivity contribution in [3.05, 3.63) is 0 Å². The Morgan fingerprint density at radius 1 is 1.25 bits per heavy atom. The van der Waals surface area contributed by atoms with E-state index >= 15 is 0 Å². The summed E-state index contributed by atoms with van der Waals surface area (Å²) in [5.74, 6) is 0. The Morgan fingerprint density at radius 2 is 1.95 bits per heavy atom. The van der Waals surface area contributed by atoms with E-state index in [0.717, 1.165) is 32.8 Å². The Labute approximate surface area is 122 Å². The quantitative estimate of drug-likeness (QED) is 0.510. The minimum absolute atomic E-state index is 0.352. The fourth-order valence-electron chi connectivity index (χ4n) is 2.11. The first kappa shape index (κ1) is 17.8. The molecule has 0 spiro atoms. The molecular weight excluding hydrogens is 260 g/mol.